The molecule has 0 aliphatic carbocycles. The Labute approximate surface area is 107 Å². The van der Waals surface area contributed by atoms with Crippen LogP contribution < -0.4 is 0 Å². The first-order valence-corrected chi connectivity index (χ1v) is 4.69. The predicted molar refractivity (Wildman–Crippen MR) is 56.6 cm³/mol. The Morgan fingerprint density at radius 3 is 1.60 bits per heavy atom. The number of aliphatic carboxylic acids is 1. The second-order valence-electron chi connectivity index (χ2n) is 3.46. The normalized spacial score (nSPS) is 10.5. The summed E-state index contributed by atoms with van der Waals surface area (Å²) >= 11 is 0. The fraction of sp³-hybridized carbons (Fsp3) is 0.636. The van der Waals surface area contributed by atoms with Gasteiger partial charge < -0.3 is 16.3 Å². The number of carbonyl (C=O) groups excluding carboxylic acids is 1. The van der Waals surface area contributed by atoms with Crippen molar-refractivity contribution in [2.75, 3.05) is 0 Å². The van der Waals surface area contributed by atoms with Gasteiger partial charge in [-0.2, -0.15) is 13.8 Å². The molecule has 0 bridgehead atoms. The molecule has 0 saturated heterocycles. The van der Waals surface area contributed by atoms with Gasteiger partial charge in [0.05, 0.1) is 0 Å². The second kappa shape index (κ2) is 11.8. The fourth-order valence-corrected chi connectivity index (χ4v) is 0.933. The minimum absolute atomic E-state index is 0. The molecule has 0 aromatic rings. The summed E-state index contributed by atoms with van der Waals surface area (Å²) in [6.07, 6.45) is 3.05. The summed E-state index contributed by atoms with van der Waals surface area (Å²) < 4.78 is 0. The molecule has 0 amide bonds. The third-order valence-electron chi connectivity index (χ3n) is 1.51. The summed E-state index contributed by atoms with van der Waals surface area (Å²) in [5.41, 5.74) is 0. The maximum atomic E-state index is 10.8. The Morgan fingerprint density at radius 2 is 1.53 bits per heavy atom. The molecule has 0 aliphatic rings. The Bertz CT molecular complexity index is 179. The van der Waals surface area contributed by atoms with E-state index >= 15 is 0 Å². The van der Waals surface area contributed by atoms with E-state index in [2.05, 4.69) is 0 Å². The second-order valence-corrected chi connectivity index (χ2v) is 3.46. The summed E-state index contributed by atoms with van der Waals surface area (Å²) in [5.74, 6) is -1.52. The minimum Gasteiger partial charge on any atom is -0.503 e. The van der Waals surface area contributed by atoms with E-state index in [1.165, 1.54) is 6.92 Å². The van der Waals surface area contributed by atoms with E-state index < -0.39 is 11.9 Å². The van der Waals surface area contributed by atoms with Crippen LogP contribution in [0.2, 0.25) is 0 Å². The van der Waals surface area contributed by atoms with E-state index in [-0.39, 0.29) is 32.8 Å². The molecule has 0 aromatic carbocycles. The van der Waals surface area contributed by atoms with Crippen molar-refractivity contribution in [3.63, 3.8) is 0 Å². The van der Waals surface area contributed by atoms with Gasteiger partial charge >= 0.3 is 21.1 Å². The van der Waals surface area contributed by atoms with Crippen LogP contribution in [0.25, 0.3) is 0 Å². The van der Waals surface area contributed by atoms with Crippen molar-refractivity contribution < 1.29 is 35.8 Å². The van der Waals surface area contributed by atoms with E-state index in [0.717, 1.165) is 6.42 Å². The zero-order valence-electron chi connectivity index (χ0n) is 9.98. The molecule has 88 valence electrons. The maximum absolute atomic E-state index is 10.8. The van der Waals surface area contributed by atoms with Gasteiger partial charge in [-0.05, 0) is 6.92 Å². The van der Waals surface area contributed by atoms with Crippen LogP contribution in [0.5, 0.6) is 0 Å². The number of ketones is 1. The number of Topliss-reactive ketones (excluding diaryl/α,β-unsaturated/α-hetero) is 1. The average Bonchev–Trinajstić information content (AvgIpc) is 2.00. The van der Waals surface area contributed by atoms with E-state index in [4.69, 9.17) is 5.11 Å². The molecule has 0 spiro atoms. The standard InChI is InChI=1S/C8H13O3.C3H7.W/c1-5(2)7(6(3)9)4-8(10)11;1-3-2;/h4-5,7H,1-3H3,(H,10,11);3H,1-2H3;/q2*-1;+2. The Balaban J connectivity index is -0.000000320. The van der Waals surface area contributed by atoms with E-state index in [0.29, 0.717) is 0 Å². The quantitative estimate of drug-likeness (QED) is 0.758. The van der Waals surface area contributed by atoms with Gasteiger partial charge in [-0.1, -0.05) is 25.7 Å². The molecule has 3 nitrogen and oxygen atoms in total. The summed E-state index contributed by atoms with van der Waals surface area (Å²) in [6, 6.07) is 0. The molecular formula is C11H20O3W. The molecule has 0 aromatic heterocycles. The largest absolute Gasteiger partial charge is 2.00 e. The van der Waals surface area contributed by atoms with Crippen LogP contribution in [-0.4, -0.2) is 16.9 Å². The molecule has 1 atom stereocenters. The Hall–Kier alpha value is -0.302. The third-order valence-corrected chi connectivity index (χ3v) is 1.51. The zero-order chi connectivity index (χ0) is 11.7. The fourth-order valence-electron chi connectivity index (χ4n) is 0.933. The number of rotatable bonds is 4. The average molecular weight is 384 g/mol. The van der Waals surface area contributed by atoms with Gasteiger partial charge in [-0.15, -0.1) is 0 Å². The molecule has 0 rings (SSSR count). The smallest absolute Gasteiger partial charge is 0.503 e. The topological polar surface area (TPSA) is 54.4 Å². The van der Waals surface area contributed by atoms with E-state index in [1.54, 1.807) is 0 Å². The molecule has 1 N–H and O–H groups in total. The van der Waals surface area contributed by atoms with Crippen molar-refractivity contribution in [1.29, 1.82) is 0 Å². The van der Waals surface area contributed by atoms with Gasteiger partial charge in [-0.25, -0.2) is 0 Å². The van der Waals surface area contributed by atoms with Crippen molar-refractivity contribution in [2.45, 2.75) is 34.6 Å². The van der Waals surface area contributed by atoms with Crippen molar-refractivity contribution in [3.8, 4) is 0 Å². The van der Waals surface area contributed by atoms with Crippen LogP contribution in [0.1, 0.15) is 34.6 Å². The maximum Gasteiger partial charge on any atom is 2.00 e. The first kappa shape index (κ1) is 20.2. The van der Waals surface area contributed by atoms with Gasteiger partial charge in [0.2, 0.25) is 0 Å². The minimum atomic E-state index is -1.03. The number of hydrogen-bond donors (Lipinski definition) is 1. The number of hydrogen-bond acceptors (Lipinski definition) is 2. The molecule has 0 heterocycles. The van der Waals surface area contributed by atoms with Crippen LogP contribution in [0.4, 0.5) is 0 Å². The summed E-state index contributed by atoms with van der Waals surface area (Å²) in [7, 11) is 0. The first-order chi connectivity index (χ1) is 6.36. The van der Waals surface area contributed by atoms with Crippen molar-refractivity contribution in [1.82, 2.24) is 0 Å². The number of carboxylic acids is 1. The SMILES string of the molecule is CC(=O)C([CH-]C(=O)O)C(C)C.C[CH-]C.[W+2]. The van der Waals surface area contributed by atoms with E-state index in [1.807, 2.05) is 34.1 Å². The van der Waals surface area contributed by atoms with Gasteiger partial charge in [-0.3, -0.25) is 11.2 Å². The van der Waals surface area contributed by atoms with Gasteiger partial charge in [0.1, 0.15) is 5.78 Å². The molecule has 0 saturated carbocycles. The molecule has 0 fully saturated rings. The van der Waals surface area contributed by atoms with Gasteiger partial charge in [0, 0.05) is 0 Å². The predicted octanol–water partition coefficient (Wildman–Crippen LogP) is 2.36. The molecule has 15 heavy (non-hydrogen) atoms. The summed E-state index contributed by atoms with van der Waals surface area (Å²) in [4.78, 5) is 21.0. The Morgan fingerprint density at radius 1 is 1.20 bits per heavy atom. The Kier molecular flexibility index (Phi) is 15.8. The van der Waals surface area contributed by atoms with Crippen LogP contribution in [0, 0.1) is 24.7 Å². The zero-order valence-corrected chi connectivity index (χ0v) is 12.9. The van der Waals surface area contributed by atoms with E-state index in [9.17, 15) is 9.59 Å². The van der Waals surface area contributed by atoms with Crippen LogP contribution in [0.15, 0.2) is 0 Å². The number of carbonyl (C=O) groups is 2. The monoisotopic (exact) mass is 384 g/mol. The van der Waals surface area contributed by atoms with Crippen molar-refractivity contribution in [3.05, 3.63) is 12.8 Å². The van der Waals surface area contributed by atoms with Crippen LogP contribution >= 0.6 is 0 Å². The van der Waals surface area contributed by atoms with Crippen LogP contribution in [-0.2, 0) is 30.7 Å². The molecule has 0 aliphatic heterocycles. The first-order valence-electron chi connectivity index (χ1n) is 4.69. The van der Waals surface area contributed by atoms with Crippen LogP contribution in [0.3, 0.4) is 0 Å². The number of carboxylic acid groups (broad SMARTS) is 1. The molecule has 0 radical (unpaired) electrons. The van der Waals surface area contributed by atoms with Gasteiger partial charge in [0.25, 0.3) is 0 Å². The summed E-state index contributed by atoms with van der Waals surface area (Å²) in [5, 5.41) is 8.37. The third kappa shape index (κ3) is 13.7. The molecule has 4 heteroatoms. The van der Waals surface area contributed by atoms with Crippen molar-refractivity contribution in [2.24, 2.45) is 11.8 Å². The van der Waals surface area contributed by atoms with Gasteiger partial charge in [0.15, 0.2) is 5.97 Å². The molecular weight excluding hydrogens is 364 g/mol. The van der Waals surface area contributed by atoms with Crippen molar-refractivity contribution >= 4 is 11.8 Å². The molecule has 1 unspecified atom stereocenters. The summed E-state index contributed by atoms with van der Waals surface area (Å²) in [6.45, 7) is 9.06.